The molecule has 0 aromatic carbocycles. The summed E-state index contributed by atoms with van der Waals surface area (Å²) in [5.41, 5.74) is 0.00477. The summed E-state index contributed by atoms with van der Waals surface area (Å²) in [4.78, 5) is 11.4. The van der Waals surface area contributed by atoms with Crippen LogP contribution in [0.5, 0.6) is 0 Å². The largest absolute Gasteiger partial charge is 0.468 e. The molecule has 18 heavy (non-hydrogen) atoms. The van der Waals surface area contributed by atoms with Gasteiger partial charge in [0.15, 0.2) is 0 Å². The number of hydrogen-bond acceptors (Lipinski definition) is 5. The molecule has 98 valence electrons. The molecule has 0 aliphatic carbocycles. The van der Waals surface area contributed by atoms with E-state index in [1.807, 2.05) is 19.1 Å². The van der Waals surface area contributed by atoms with E-state index in [0.29, 0.717) is 25.6 Å². The lowest BCUT2D eigenvalue weighted by molar-refractivity contribution is -0.160. The Morgan fingerprint density at radius 2 is 2.44 bits per heavy atom. The quantitative estimate of drug-likeness (QED) is 0.586. The van der Waals surface area contributed by atoms with Crippen LogP contribution in [0.3, 0.4) is 0 Å². The van der Waals surface area contributed by atoms with Crippen molar-refractivity contribution in [1.82, 2.24) is 0 Å². The number of esters is 1. The molecule has 4 nitrogen and oxygen atoms in total. The van der Waals surface area contributed by atoms with E-state index in [1.165, 1.54) is 17.8 Å². The normalized spacial score (nSPS) is 17.6. The Bertz CT molecular complexity index is 407. The Kier molecular flexibility index (Phi) is 4.49. The van der Waals surface area contributed by atoms with Crippen LogP contribution in [0.15, 0.2) is 34.3 Å². The molecule has 0 atom stereocenters. The van der Waals surface area contributed by atoms with Crippen molar-refractivity contribution in [2.45, 2.75) is 12.7 Å². The van der Waals surface area contributed by atoms with Crippen molar-refractivity contribution >= 4 is 17.7 Å². The van der Waals surface area contributed by atoms with Gasteiger partial charge >= 0.3 is 5.97 Å². The van der Waals surface area contributed by atoms with E-state index in [4.69, 9.17) is 13.9 Å². The topological polar surface area (TPSA) is 48.7 Å². The summed E-state index contributed by atoms with van der Waals surface area (Å²) in [5.74, 6) is 1.29. The zero-order valence-electron chi connectivity index (χ0n) is 10.3. The molecular formula is C13H16O4S. The predicted molar refractivity (Wildman–Crippen MR) is 69.0 cm³/mol. The minimum atomic E-state index is -0.310. The first-order chi connectivity index (χ1) is 8.68. The molecule has 1 aromatic heterocycles. The van der Waals surface area contributed by atoms with E-state index in [9.17, 15) is 4.79 Å². The number of furan rings is 1. The zero-order chi connectivity index (χ0) is 12.8. The highest BCUT2D eigenvalue weighted by molar-refractivity contribution is 8.01. The summed E-state index contributed by atoms with van der Waals surface area (Å²) in [6.07, 6.45) is 3.08. The van der Waals surface area contributed by atoms with Crippen molar-refractivity contribution in [3.8, 4) is 0 Å². The van der Waals surface area contributed by atoms with Crippen molar-refractivity contribution in [3.05, 3.63) is 35.6 Å². The Morgan fingerprint density at radius 3 is 3.06 bits per heavy atom. The molecule has 0 spiro atoms. The Hall–Kier alpha value is -1.20. The second kappa shape index (κ2) is 6.11. The minimum Gasteiger partial charge on any atom is -0.468 e. The minimum absolute atomic E-state index is 0.00477. The first kappa shape index (κ1) is 13.2. The van der Waals surface area contributed by atoms with Crippen LogP contribution in [-0.4, -0.2) is 25.8 Å². The summed E-state index contributed by atoms with van der Waals surface area (Å²) in [7, 11) is 0. The Balaban J connectivity index is 1.61. The van der Waals surface area contributed by atoms with Crippen LogP contribution in [0.25, 0.3) is 0 Å². The van der Waals surface area contributed by atoms with E-state index in [0.717, 1.165) is 5.76 Å². The molecule has 1 aromatic rings. The van der Waals surface area contributed by atoms with Gasteiger partial charge in [-0.25, -0.2) is 4.79 Å². The van der Waals surface area contributed by atoms with Crippen molar-refractivity contribution in [3.63, 3.8) is 0 Å². The molecule has 1 saturated heterocycles. The molecule has 0 amide bonds. The third kappa shape index (κ3) is 3.92. The van der Waals surface area contributed by atoms with Gasteiger partial charge in [0.25, 0.3) is 0 Å². The van der Waals surface area contributed by atoms with Crippen molar-refractivity contribution < 1.29 is 18.7 Å². The Labute approximate surface area is 110 Å². The molecule has 0 unspecified atom stereocenters. The van der Waals surface area contributed by atoms with Crippen LogP contribution >= 0.6 is 11.8 Å². The zero-order valence-corrected chi connectivity index (χ0v) is 11.1. The highest BCUT2D eigenvalue weighted by Gasteiger charge is 2.34. The molecule has 2 rings (SSSR count). The van der Waals surface area contributed by atoms with Crippen molar-refractivity contribution in [2.24, 2.45) is 5.41 Å². The predicted octanol–water partition coefficient (Wildman–Crippen LogP) is 2.61. The fourth-order valence-corrected chi connectivity index (χ4v) is 2.09. The standard InChI is InChI=1S/C13H16O4S/c1-13(8-15-9-13)10-17-12(14)4-6-18-7-11-3-2-5-16-11/h2-6H,7-10H2,1H3. The second-order valence-corrected chi connectivity index (χ2v) is 5.50. The van der Waals surface area contributed by atoms with Crippen LogP contribution in [0.1, 0.15) is 12.7 Å². The molecule has 2 heterocycles. The number of thioether (sulfide) groups is 1. The molecule has 1 fully saturated rings. The lowest BCUT2D eigenvalue weighted by Crippen LogP contribution is -2.43. The molecule has 0 radical (unpaired) electrons. The third-order valence-electron chi connectivity index (χ3n) is 2.57. The number of carbonyl (C=O) groups excluding carboxylic acids is 1. The van der Waals surface area contributed by atoms with E-state index < -0.39 is 0 Å². The highest BCUT2D eigenvalue weighted by Crippen LogP contribution is 2.26. The summed E-state index contributed by atoms with van der Waals surface area (Å²) in [6.45, 7) is 3.78. The van der Waals surface area contributed by atoms with Gasteiger partial charge in [0, 0.05) is 11.5 Å². The van der Waals surface area contributed by atoms with Crippen molar-refractivity contribution in [1.29, 1.82) is 0 Å². The second-order valence-electron chi connectivity index (χ2n) is 4.60. The fraction of sp³-hybridized carbons (Fsp3) is 0.462. The van der Waals surface area contributed by atoms with E-state index in [-0.39, 0.29) is 11.4 Å². The maximum Gasteiger partial charge on any atom is 0.331 e. The van der Waals surface area contributed by atoms with Crippen LogP contribution in [0.2, 0.25) is 0 Å². The van der Waals surface area contributed by atoms with Crippen LogP contribution < -0.4 is 0 Å². The van der Waals surface area contributed by atoms with Gasteiger partial charge in [0.2, 0.25) is 0 Å². The molecule has 0 N–H and O–H groups in total. The lowest BCUT2D eigenvalue weighted by atomic mass is 9.90. The lowest BCUT2D eigenvalue weighted by Gasteiger charge is -2.36. The van der Waals surface area contributed by atoms with Crippen molar-refractivity contribution in [2.75, 3.05) is 19.8 Å². The van der Waals surface area contributed by atoms with E-state index >= 15 is 0 Å². The monoisotopic (exact) mass is 268 g/mol. The average molecular weight is 268 g/mol. The summed E-state index contributed by atoms with van der Waals surface area (Å²) >= 11 is 1.49. The number of hydrogen-bond donors (Lipinski definition) is 0. The number of carbonyl (C=O) groups is 1. The average Bonchev–Trinajstić information content (AvgIpc) is 2.82. The molecule has 0 bridgehead atoms. The van der Waals surface area contributed by atoms with Gasteiger partial charge < -0.3 is 13.9 Å². The van der Waals surface area contributed by atoms with Crippen LogP contribution in [-0.2, 0) is 20.0 Å². The molecular weight excluding hydrogens is 252 g/mol. The first-order valence-corrected chi connectivity index (χ1v) is 6.78. The van der Waals surface area contributed by atoms with Gasteiger partial charge in [-0.1, -0.05) is 6.92 Å². The molecule has 1 aliphatic rings. The maximum atomic E-state index is 11.4. The van der Waals surface area contributed by atoms with Gasteiger partial charge in [-0.15, -0.1) is 11.8 Å². The summed E-state index contributed by atoms with van der Waals surface area (Å²) in [5, 5.41) is 1.73. The summed E-state index contributed by atoms with van der Waals surface area (Å²) in [6, 6.07) is 3.74. The smallest absolute Gasteiger partial charge is 0.331 e. The highest BCUT2D eigenvalue weighted by atomic mass is 32.2. The molecule has 1 aliphatic heterocycles. The van der Waals surface area contributed by atoms with Gasteiger partial charge in [-0.2, -0.15) is 0 Å². The van der Waals surface area contributed by atoms with Crippen LogP contribution in [0, 0.1) is 5.41 Å². The fourth-order valence-electron chi connectivity index (χ4n) is 1.46. The first-order valence-electron chi connectivity index (χ1n) is 5.73. The maximum absolute atomic E-state index is 11.4. The van der Waals surface area contributed by atoms with Gasteiger partial charge in [-0.3, -0.25) is 0 Å². The summed E-state index contributed by atoms with van der Waals surface area (Å²) < 4.78 is 15.4. The number of rotatable bonds is 6. The Morgan fingerprint density at radius 1 is 1.61 bits per heavy atom. The third-order valence-corrected chi connectivity index (χ3v) is 3.35. The van der Waals surface area contributed by atoms with Gasteiger partial charge in [-0.05, 0) is 17.5 Å². The van der Waals surface area contributed by atoms with E-state index in [1.54, 1.807) is 11.7 Å². The molecule has 0 saturated carbocycles. The van der Waals surface area contributed by atoms with Crippen LogP contribution in [0.4, 0.5) is 0 Å². The molecule has 5 heteroatoms. The SMILES string of the molecule is CC1(COC(=O)C=CSCc2ccco2)COC1. The number of ether oxygens (including phenoxy) is 2. The van der Waals surface area contributed by atoms with Gasteiger partial charge in [0.05, 0.1) is 25.2 Å². The van der Waals surface area contributed by atoms with Gasteiger partial charge in [0.1, 0.15) is 12.4 Å². The van der Waals surface area contributed by atoms with E-state index in [2.05, 4.69) is 0 Å².